The number of amides is 1. The minimum absolute atomic E-state index is 0.0915. The zero-order chi connectivity index (χ0) is 21.8. The van der Waals surface area contributed by atoms with Crippen molar-refractivity contribution in [3.05, 3.63) is 86.6 Å². The number of H-pyrrole nitrogens is 1. The van der Waals surface area contributed by atoms with E-state index in [-0.39, 0.29) is 18.1 Å². The van der Waals surface area contributed by atoms with Gasteiger partial charge in [0, 0.05) is 7.05 Å². The van der Waals surface area contributed by atoms with Crippen molar-refractivity contribution in [3.8, 4) is 5.75 Å². The first-order valence-electron chi connectivity index (χ1n) is 9.45. The molecule has 30 heavy (non-hydrogen) atoms. The number of aromatic amines is 1. The summed E-state index contributed by atoms with van der Waals surface area (Å²) in [6.07, 6.45) is -0.870. The van der Waals surface area contributed by atoms with Gasteiger partial charge in [-0.25, -0.2) is 4.79 Å². The van der Waals surface area contributed by atoms with Crippen LogP contribution in [-0.4, -0.2) is 28.6 Å². The number of benzene rings is 2. The Morgan fingerprint density at radius 3 is 2.53 bits per heavy atom. The largest absolute Gasteiger partial charge is 0.481 e. The van der Waals surface area contributed by atoms with Gasteiger partial charge in [-0.3, -0.25) is 19.1 Å². The summed E-state index contributed by atoms with van der Waals surface area (Å²) in [5.74, 6) is -0.0231. The van der Waals surface area contributed by atoms with Gasteiger partial charge in [-0.2, -0.15) is 0 Å². The quantitative estimate of drug-likeness (QED) is 0.647. The number of anilines is 2. The van der Waals surface area contributed by atoms with Gasteiger partial charge >= 0.3 is 5.69 Å². The Bertz CT molecular complexity index is 1170. The minimum Gasteiger partial charge on any atom is -0.481 e. The number of nitrogens with zero attached hydrogens (tertiary/aromatic N) is 2. The maximum Gasteiger partial charge on any atom is 0.330 e. The number of aromatic nitrogens is 2. The molecule has 3 aromatic rings. The first-order chi connectivity index (χ1) is 14.3. The number of likely N-dealkylation sites (N-methyl/N-ethyl adjacent to an activating group) is 1. The van der Waals surface area contributed by atoms with Gasteiger partial charge in [0.1, 0.15) is 11.6 Å². The van der Waals surface area contributed by atoms with E-state index in [2.05, 4.69) is 4.98 Å². The van der Waals surface area contributed by atoms with Gasteiger partial charge in [0.25, 0.3) is 11.5 Å². The van der Waals surface area contributed by atoms with E-state index in [1.54, 1.807) is 13.0 Å². The van der Waals surface area contributed by atoms with Crippen LogP contribution in [0.3, 0.4) is 0 Å². The highest BCUT2D eigenvalue weighted by Crippen LogP contribution is 2.19. The van der Waals surface area contributed by atoms with Crippen LogP contribution in [0.4, 0.5) is 11.5 Å². The molecule has 3 N–H and O–H groups in total. The molecule has 0 aliphatic rings. The van der Waals surface area contributed by atoms with Crippen molar-refractivity contribution in [2.24, 2.45) is 0 Å². The van der Waals surface area contributed by atoms with Gasteiger partial charge in [0.2, 0.25) is 0 Å². The number of nitrogens with two attached hydrogens (primary N) is 1. The molecule has 0 aliphatic carbocycles. The van der Waals surface area contributed by atoms with E-state index in [0.717, 1.165) is 16.0 Å². The van der Waals surface area contributed by atoms with Crippen LogP contribution in [0.25, 0.3) is 0 Å². The van der Waals surface area contributed by atoms with Crippen LogP contribution >= 0.6 is 0 Å². The lowest BCUT2D eigenvalue weighted by Gasteiger charge is -2.23. The van der Waals surface area contributed by atoms with Gasteiger partial charge in [-0.1, -0.05) is 42.5 Å². The van der Waals surface area contributed by atoms with Gasteiger partial charge in [0.15, 0.2) is 11.8 Å². The third-order valence-corrected chi connectivity index (χ3v) is 4.71. The SMILES string of the molecule is Cc1cccc(O[C@@H](C)C(=O)N(C)c2c(N)n(Cc3ccccc3)c(=O)[nH]c2=O)c1. The number of nitrogens with one attached hydrogen (secondary N) is 1. The zero-order valence-corrected chi connectivity index (χ0v) is 17.1. The van der Waals surface area contributed by atoms with E-state index >= 15 is 0 Å². The van der Waals surface area contributed by atoms with Crippen molar-refractivity contribution in [1.82, 2.24) is 9.55 Å². The summed E-state index contributed by atoms with van der Waals surface area (Å²) < 4.78 is 6.94. The normalized spacial score (nSPS) is 11.7. The number of carbonyl (C=O) groups is 1. The molecule has 2 aromatic carbocycles. The molecule has 0 saturated heterocycles. The molecular weight excluding hydrogens is 384 g/mol. The summed E-state index contributed by atoms with van der Waals surface area (Å²) in [4.78, 5) is 41.0. The van der Waals surface area contributed by atoms with Gasteiger partial charge in [-0.15, -0.1) is 0 Å². The molecule has 156 valence electrons. The topological polar surface area (TPSA) is 110 Å². The standard InChI is InChI=1S/C22H24N4O4/c1-14-8-7-11-17(12-14)30-15(2)21(28)25(3)18-19(23)26(22(29)24-20(18)27)13-16-9-5-4-6-10-16/h4-12,15H,13,23H2,1-3H3,(H,24,27,29)/t15-/m0/s1. The Morgan fingerprint density at radius 1 is 1.17 bits per heavy atom. The van der Waals surface area contributed by atoms with Crippen molar-refractivity contribution in [2.45, 2.75) is 26.5 Å². The summed E-state index contributed by atoms with van der Waals surface area (Å²) >= 11 is 0. The number of nitrogen functional groups attached to an aromatic ring is 1. The van der Waals surface area contributed by atoms with Gasteiger partial charge in [0.05, 0.1) is 6.54 Å². The van der Waals surface area contributed by atoms with Crippen molar-refractivity contribution < 1.29 is 9.53 Å². The average molecular weight is 408 g/mol. The molecule has 0 spiro atoms. The fraction of sp³-hybridized carbons (Fsp3) is 0.227. The molecule has 8 heteroatoms. The Balaban J connectivity index is 1.90. The molecule has 0 bridgehead atoms. The molecule has 0 fully saturated rings. The molecule has 1 amide bonds. The maximum absolute atomic E-state index is 12.9. The second-order valence-corrected chi connectivity index (χ2v) is 7.04. The summed E-state index contributed by atoms with van der Waals surface area (Å²) in [7, 11) is 1.43. The smallest absolute Gasteiger partial charge is 0.330 e. The van der Waals surface area contributed by atoms with E-state index in [9.17, 15) is 14.4 Å². The van der Waals surface area contributed by atoms with E-state index in [4.69, 9.17) is 10.5 Å². The monoisotopic (exact) mass is 408 g/mol. The minimum atomic E-state index is -0.870. The van der Waals surface area contributed by atoms with Crippen LogP contribution in [0.5, 0.6) is 5.75 Å². The number of hydrogen-bond acceptors (Lipinski definition) is 5. The highest BCUT2D eigenvalue weighted by Gasteiger charge is 2.26. The van der Waals surface area contributed by atoms with Crippen molar-refractivity contribution >= 4 is 17.4 Å². The van der Waals surface area contributed by atoms with E-state index in [0.29, 0.717) is 5.75 Å². The third-order valence-electron chi connectivity index (χ3n) is 4.71. The number of rotatable bonds is 6. The fourth-order valence-corrected chi connectivity index (χ4v) is 3.15. The van der Waals surface area contributed by atoms with Crippen molar-refractivity contribution in [3.63, 3.8) is 0 Å². The summed E-state index contributed by atoms with van der Waals surface area (Å²) in [6.45, 7) is 3.67. The summed E-state index contributed by atoms with van der Waals surface area (Å²) in [6, 6.07) is 16.5. The van der Waals surface area contributed by atoms with E-state index in [1.165, 1.54) is 11.6 Å². The number of carbonyl (C=O) groups excluding carboxylic acids is 1. The number of ether oxygens (including phenoxy) is 1. The molecule has 0 aliphatic heterocycles. The predicted molar refractivity (Wildman–Crippen MR) is 116 cm³/mol. The maximum atomic E-state index is 12.9. The van der Waals surface area contributed by atoms with Crippen LogP contribution in [0.15, 0.2) is 64.2 Å². The number of hydrogen-bond donors (Lipinski definition) is 2. The van der Waals surface area contributed by atoms with Crippen LogP contribution in [0.1, 0.15) is 18.1 Å². The average Bonchev–Trinajstić information content (AvgIpc) is 2.71. The van der Waals surface area contributed by atoms with Crippen LogP contribution in [0.2, 0.25) is 0 Å². The molecule has 3 rings (SSSR count). The molecule has 1 aromatic heterocycles. The summed E-state index contributed by atoms with van der Waals surface area (Å²) in [5, 5.41) is 0. The van der Waals surface area contributed by atoms with Crippen LogP contribution in [0, 0.1) is 6.92 Å². The van der Waals surface area contributed by atoms with E-state index < -0.39 is 23.3 Å². The lowest BCUT2D eigenvalue weighted by Crippen LogP contribution is -2.43. The Hall–Kier alpha value is -3.81. The Labute approximate surface area is 173 Å². The highest BCUT2D eigenvalue weighted by atomic mass is 16.5. The summed E-state index contributed by atoms with van der Waals surface area (Å²) in [5.41, 5.74) is 6.49. The zero-order valence-electron chi connectivity index (χ0n) is 17.1. The fourth-order valence-electron chi connectivity index (χ4n) is 3.15. The molecule has 0 unspecified atom stereocenters. The molecule has 0 saturated carbocycles. The molecule has 1 heterocycles. The lowest BCUT2D eigenvalue weighted by atomic mass is 10.2. The van der Waals surface area contributed by atoms with Crippen molar-refractivity contribution in [1.29, 1.82) is 0 Å². The van der Waals surface area contributed by atoms with Crippen molar-refractivity contribution in [2.75, 3.05) is 17.7 Å². The molecule has 8 nitrogen and oxygen atoms in total. The van der Waals surface area contributed by atoms with Crippen LogP contribution in [-0.2, 0) is 11.3 Å². The number of aryl methyl sites for hydroxylation is 1. The second kappa shape index (κ2) is 8.69. The molecule has 0 radical (unpaired) electrons. The van der Waals surface area contributed by atoms with E-state index in [1.807, 2.05) is 55.5 Å². The van der Waals surface area contributed by atoms with Crippen LogP contribution < -0.4 is 26.6 Å². The lowest BCUT2D eigenvalue weighted by molar-refractivity contribution is -0.124. The Morgan fingerprint density at radius 2 is 1.87 bits per heavy atom. The molecule has 1 atom stereocenters. The Kier molecular flexibility index (Phi) is 6.06. The first kappa shape index (κ1) is 20.9. The second-order valence-electron chi connectivity index (χ2n) is 7.04. The highest BCUT2D eigenvalue weighted by molar-refractivity contribution is 5.97. The predicted octanol–water partition coefficient (Wildman–Crippen LogP) is 1.91. The molecular formula is C22H24N4O4. The third kappa shape index (κ3) is 4.43. The first-order valence-corrected chi connectivity index (χ1v) is 9.45. The van der Waals surface area contributed by atoms with Gasteiger partial charge < -0.3 is 15.4 Å². The van der Waals surface area contributed by atoms with Gasteiger partial charge in [-0.05, 0) is 37.1 Å².